The van der Waals surface area contributed by atoms with Crippen LogP contribution in [0.1, 0.15) is 36.3 Å². The van der Waals surface area contributed by atoms with Crippen molar-refractivity contribution in [1.82, 2.24) is 10.6 Å². The van der Waals surface area contributed by atoms with Gasteiger partial charge in [-0.25, -0.2) is 9.59 Å². The van der Waals surface area contributed by atoms with Crippen molar-refractivity contribution >= 4 is 18.0 Å². The van der Waals surface area contributed by atoms with E-state index < -0.39 is 18.2 Å². The first-order chi connectivity index (χ1) is 16.5. The molecule has 2 amide bonds. The largest absolute Gasteiger partial charge is 0.479 e. The summed E-state index contributed by atoms with van der Waals surface area (Å²) in [7, 11) is 0. The average molecular weight is 465 g/mol. The van der Waals surface area contributed by atoms with E-state index in [1.54, 1.807) is 0 Å². The van der Waals surface area contributed by atoms with Crippen LogP contribution in [0.3, 0.4) is 0 Å². The summed E-state index contributed by atoms with van der Waals surface area (Å²) in [4.78, 5) is 35.6. The van der Waals surface area contributed by atoms with Gasteiger partial charge in [0.05, 0.1) is 6.10 Å². The third-order valence-electron chi connectivity index (χ3n) is 7.00. The Hall–Kier alpha value is -3.39. The summed E-state index contributed by atoms with van der Waals surface area (Å²) in [5.74, 6) is -1.10. The van der Waals surface area contributed by atoms with Gasteiger partial charge in [0, 0.05) is 24.9 Å². The summed E-state index contributed by atoms with van der Waals surface area (Å²) in [6, 6.07) is 16.4. The van der Waals surface area contributed by atoms with Gasteiger partial charge in [0.25, 0.3) is 0 Å². The molecule has 0 radical (unpaired) electrons. The van der Waals surface area contributed by atoms with E-state index in [0.29, 0.717) is 32.4 Å². The Kier molecular flexibility index (Phi) is 6.24. The number of carboxylic acid groups (broad SMARTS) is 1. The summed E-state index contributed by atoms with van der Waals surface area (Å²) in [6.45, 7) is 0.953. The third-order valence-corrected chi connectivity index (χ3v) is 7.00. The SMILES string of the molecule is O=C(NC[C@H]1C[C@H]1C(=O)NCC1CCC(C(=O)O)O1)OCC1c2ccccc2-c2ccccc21. The van der Waals surface area contributed by atoms with E-state index in [0.717, 1.165) is 11.1 Å². The number of carbonyl (C=O) groups excluding carboxylic acids is 2. The second-order valence-electron chi connectivity index (χ2n) is 9.22. The molecular weight excluding hydrogens is 436 g/mol. The smallest absolute Gasteiger partial charge is 0.407 e. The van der Waals surface area contributed by atoms with Crippen molar-refractivity contribution in [2.45, 2.75) is 37.4 Å². The van der Waals surface area contributed by atoms with Crippen LogP contribution in [0.4, 0.5) is 4.79 Å². The molecule has 1 heterocycles. The lowest BCUT2D eigenvalue weighted by atomic mass is 9.98. The van der Waals surface area contributed by atoms with Crippen LogP contribution in [0.2, 0.25) is 0 Å². The number of nitrogens with one attached hydrogen (secondary N) is 2. The predicted octanol–water partition coefficient (Wildman–Crippen LogP) is 2.91. The summed E-state index contributed by atoms with van der Waals surface area (Å²) in [5.41, 5.74) is 4.69. The molecule has 4 atom stereocenters. The van der Waals surface area contributed by atoms with E-state index in [1.165, 1.54) is 11.1 Å². The predicted molar refractivity (Wildman–Crippen MR) is 123 cm³/mol. The lowest BCUT2D eigenvalue weighted by molar-refractivity contribution is -0.149. The van der Waals surface area contributed by atoms with Gasteiger partial charge in [-0.15, -0.1) is 0 Å². The van der Waals surface area contributed by atoms with Crippen molar-refractivity contribution in [2.24, 2.45) is 11.8 Å². The molecule has 0 aromatic heterocycles. The minimum Gasteiger partial charge on any atom is -0.479 e. The zero-order valence-electron chi connectivity index (χ0n) is 18.7. The topological polar surface area (TPSA) is 114 Å². The van der Waals surface area contributed by atoms with Crippen LogP contribution >= 0.6 is 0 Å². The third kappa shape index (κ3) is 4.63. The second-order valence-corrected chi connectivity index (χ2v) is 9.22. The molecule has 8 nitrogen and oxygen atoms in total. The van der Waals surface area contributed by atoms with E-state index >= 15 is 0 Å². The molecule has 3 aliphatic rings. The molecule has 2 fully saturated rings. The number of carbonyl (C=O) groups is 3. The molecule has 34 heavy (non-hydrogen) atoms. The Morgan fingerprint density at radius 1 is 0.941 bits per heavy atom. The van der Waals surface area contributed by atoms with Crippen molar-refractivity contribution in [3.05, 3.63) is 59.7 Å². The number of carboxylic acids is 1. The van der Waals surface area contributed by atoms with Gasteiger partial charge in [-0.1, -0.05) is 48.5 Å². The maximum absolute atomic E-state index is 12.3. The lowest BCUT2D eigenvalue weighted by Gasteiger charge is -2.14. The summed E-state index contributed by atoms with van der Waals surface area (Å²) in [6.07, 6.45) is 0.268. The van der Waals surface area contributed by atoms with Crippen molar-refractivity contribution in [3.63, 3.8) is 0 Å². The number of fused-ring (bicyclic) bond motifs is 3. The summed E-state index contributed by atoms with van der Waals surface area (Å²) < 4.78 is 10.9. The molecule has 2 unspecified atom stereocenters. The molecular formula is C26H28N2O6. The molecule has 8 heteroatoms. The Morgan fingerprint density at radius 3 is 2.26 bits per heavy atom. The van der Waals surface area contributed by atoms with Crippen LogP contribution < -0.4 is 10.6 Å². The molecule has 1 saturated heterocycles. The van der Waals surface area contributed by atoms with Gasteiger partial charge < -0.3 is 25.2 Å². The molecule has 2 aliphatic carbocycles. The number of rotatable bonds is 8. The van der Waals surface area contributed by atoms with Gasteiger partial charge in [-0.3, -0.25) is 4.79 Å². The van der Waals surface area contributed by atoms with Crippen molar-refractivity contribution in [1.29, 1.82) is 0 Å². The van der Waals surface area contributed by atoms with Crippen LogP contribution in [0.5, 0.6) is 0 Å². The number of alkyl carbamates (subject to hydrolysis) is 1. The monoisotopic (exact) mass is 464 g/mol. The standard InChI is InChI=1S/C26H28N2O6/c29-24(27-13-16-9-10-23(34-16)25(30)31)21-11-15(21)12-28-26(32)33-14-22-19-7-3-1-5-17(19)18-6-2-4-8-20(18)22/h1-8,15-16,21-23H,9-14H2,(H,27,29)(H,28,32)(H,30,31)/t15-,16?,21-,23?/m1/s1. The Labute approximate surface area is 197 Å². The van der Waals surface area contributed by atoms with E-state index in [1.807, 2.05) is 24.3 Å². The first-order valence-corrected chi connectivity index (χ1v) is 11.8. The maximum atomic E-state index is 12.3. The van der Waals surface area contributed by atoms with Crippen LogP contribution in [0.25, 0.3) is 11.1 Å². The fraction of sp³-hybridized carbons (Fsp3) is 0.423. The molecule has 1 saturated carbocycles. The van der Waals surface area contributed by atoms with Gasteiger partial charge in [0.1, 0.15) is 6.61 Å². The van der Waals surface area contributed by atoms with E-state index in [-0.39, 0.29) is 36.4 Å². The molecule has 2 aromatic rings. The Morgan fingerprint density at radius 2 is 1.62 bits per heavy atom. The van der Waals surface area contributed by atoms with E-state index in [9.17, 15) is 14.4 Å². The van der Waals surface area contributed by atoms with E-state index in [4.69, 9.17) is 14.6 Å². The number of amides is 2. The van der Waals surface area contributed by atoms with Gasteiger partial charge in [0.2, 0.25) is 5.91 Å². The maximum Gasteiger partial charge on any atom is 0.407 e. The minimum absolute atomic E-state index is 0.0103. The first kappa shape index (κ1) is 22.4. The minimum atomic E-state index is -0.963. The highest BCUT2D eigenvalue weighted by Gasteiger charge is 2.43. The van der Waals surface area contributed by atoms with Gasteiger partial charge >= 0.3 is 12.1 Å². The fourth-order valence-corrected chi connectivity index (χ4v) is 5.04. The number of hydrogen-bond donors (Lipinski definition) is 3. The summed E-state index contributed by atoms with van der Waals surface area (Å²) in [5, 5.41) is 14.6. The number of ether oxygens (including phenoxy) is 2. The first-order valence-electron chi connectivity index (χ1n) is 11.8. The van der Waals surface area contributed by atoms with Crippen molar-refractivity contribution < 1.29 is 29.0 Å². The summed E-state index contributed by atoms with van der Waals surface area (Å²) >= 11 is 0. The highest BCUT2D eigenvalue weighted by Crippen LogP contribution is 2.44. The molecule has 178 valence electrons. The number of hydrogen-bond acceptors (Lipinski definition) is 5. The van der Waals surface area contributed by atoms with Crippen LogP contribution in [0, 0.1) is 11.8 Å². The van der Waals surface area contributed by atoms with Gasteiger partial charge in [-0.2, -0.15) is 0 Å². The highest BCUT2D eigenvalue weighted by atomic mass is 16.5. The molecule has 0 bridgehead atoms. The second kappa shape index (κ2) is 9.46. The quantitative estimate of drug-likeness (QED) is 0.554. The van der Waals surface area contributed by atoms with Crippen LogP contribution in [0.15, 0.2) is 48.5 Å². The number of benzene rings is 2. The molecule has 5 rings (SSSR count). The zero-order valence-corrected chi connectivity index (χ0v) is 18.7. The number of aliphatic carboxylic acids is 1. The van der Waals surface area contributed by atoms with E-state index in [2.05, 4.69) is 34.9 Å². The van der Waals surface area contributed by atoms with Crippen LogP contribution in [-0.4, -0.2) is 55.0 Å². The molecule has 3 N–H and O–H groups in total. The Balaban J connectivity index is 1.04. The highest BCUT2D eigenvalue weighted by molar-refractivity contribution is 5.82. The zero-order chi connectivity index (χ0) is 23.7. The van der Waals surface area contributed by atoms with Crippen LogP contribution in [-0.2, 0) is 19.1 Å². The fourth-order valence-electron chi connectivity index (χ4n) is 5.04. The van der Waals surface area contributed by atoms with Gasteiger partial charge in [0.15, 0.2) is 6.10 Å². The Bertz CT molecular complexity index is 1060. The normalized spacial score (nSPS) is 24.7. The van der Waals surface area contributed by atoms with Gasteiger partial charge in [-0.05, 0) is 47.4 Å². The van der Waals surface area contributed by atoms with Crippen molar-refractivity contribution in [3.8, 4) is 11.1 Å². The molecule has 0 spiro atoms. The lowest BCUT2D eigenvalue weighted by Crippen LogP contribution is -2.35. The molecule has 1 aliphatic heterocycles. The molecule has 2 aromatic carbocycles. The average Bonchev–Trinajstić information content (AvgIpc) is 3.34. The van der Waals surface area contributed by atoms with Crippen molar-refractivity contribution in [2.75, 3.05) is 19.7 Å².